The molecule has 1 aromatic rings. The van der Waals surface area contributed by atoms with Crippen LogP contribution in [0.15, 0.2) is 18.3 Å². The molecule has 0 amide bonds. The molecule has 0 bridgehead atoms. The highest BCUT2D eigenvalue weighted by atomic mass is 15.3. The van der Waals surface area contributed by atoms with Crippen LogP contribution >= 0.6 is 0 Å². The van der Waals surface area contributed by atoms with Gasteiger partial charge in [-0.2, -0.15) is 0 Å². The molecule has 2 fully saturated rings. The molecule has 0 saturated carbocycles. The number of aromatic nitrogens is 1. The van der Waals surface area contributed by atoms with Crippen LogP contribution in [0.1, 0.15) is 19.8 Å². The minimum atomic E-state index is 0.548. The highest BCUT2D eigenvalue weighted by molar-refractivity contribution is 5.54. The zero-order valence-electron chi connectivity index (χ0n) is 10.8. The molecule has 2 saturated heterocycles. The number of hydrogen-bond donors (Lipinski definition) is 2. The number of rotatable bonds is 2. The number of nitrogens with two attached hydrogens (primary N) is 1. The number of nitrogens with zero attached hydrogens (tertiary/aromatic N) is 3. The SMILES string of the molecule is CC1CN2CCCC2CN1c1ccnc(NN)c1. The quantitative estimate of drug-likeness (QED) is 0.604. The average molecular weight is 247 g/mol. The fourth-order valence-electron chi connectivity index (χ4n) is 3.22. The van der Waals surface area contributed by atoms with Gasteiger partial charge in [0.25, 0.3) is 0 Å². The van der Waals surface area contributed by atoms with E-state index in [1.54, 1.807) is 0 Å². The maximum atomic E-state index is 5.43. The standard InChI is InChI=1S/C13H21N5/c1-10-8-17-6-2-3-12(17)9-18(10)11-4-5-15-13(7-11)16-14/h4-5,7,10,12H,2-3,6,8-9,14H2,1H3,(H,15,16). The van der Waals surface area contributed by atoms with E-state index in [4.69, 9.17) is 5.84 Å². The Balaban J connectivity index is 1.81. The van der Waals surface area contributed by atoms with Crippen molar-refractivity contribution in [2.45, 2.75) is 31.8 Å². The van der Waals surface area contributed by atoms with Crippen molar-refractivity contribution in [3.05, 3.63) is 18.3 Å². The van der Waals surface area contributed by atoms with Gasteiger partial charge < -0.3 is 10.3 Å². The first-order valence-corrected chi connectivity index (χ1v) is 6.71. The van der Waals surface area contributed by atoms with E-state index in [1.165, 1.54) is 31.6 Å². The summed E-state index contributed by atoms with van der Waals surface area (Å²) in [7, 11) is 0. The first kappa shape index (κ1) is 11.7. The van der Waals surface area contributed by atoms with Crippen molar-refractivity contribution in [1.29, 1.82) is 0 Å². The van der Waals surface area contributed by atoms with Crippen LogP contribution in [0.4, 0.5) is 11.5 Å². The second-order valence-corrected chi connectivity index (χ2v) is 5.34. The molecule has 5 nitrogen and oxygen atoms in total. The summed E-state index contributed by atoms with van der Waals surface area (Å²) >= 11 is 0. The Bertz CT molecular complexity index is 422. The number of nitrogens with one attached hydrogen (secondary N) is 1. The predicted octanol–water partition coefficient (Wildman–Crippen LogP) is 1.04. The Hall–Kier alpha value is -1.33. The van der Waals surface area contributed by atoms with E-state index in [2.05, 4.69) is 33.2 Å². The Morgan fingerprint density at radius 3 is 3.17 bits per heavy atom. The largest absolute Gasteiger partial charge is 0.366 e. The molecule has 2 aliphatic rings. The summed E-state index contributed by atoms with van der Waals surface area (Å²) in [6.07, 6.45) is 4.49. The first-order chi connectivity index (χ1) is 8.78. The topological polar surface area (TPSA) is 57.4 Å². The third-order valence-electron chi connectivity index (χ3n) is 4.16. The van der Waals surface area contributed by atoms with Gasteiger partial charge in [-0.25, -0.2) is 10.8 Å². The Kier molecular flexibility index (Phi) is 3.09. The number of pyridine rings is 1. The van der Waals surface area contributed by atoms with E-state index in [1.807, 2.05) is 12.3 Å². The lowest BCUT2D eigenvalue weighted by Crippen LogP contribution is -2.55. The van der Waals surface area contributed by atoms with Gasteiger partial charge in [0.05, 0.1) is 0 Å². The summed E-state index contributed by atoms with van der Waals surface area (Å²) in [4.78, 5) is 9.28. The van der Waals surface area contributed by atoms with Crippen LogP contribution in [0.3, 0.4) is 0 Å². The fraction of sp³-hybridized carbons (Fsp3) is 0.615. The average Bonchev–Trinajstić information content (AvgIpc) is 2.85. The normalized spacial score (nSPS) is 28.2. The molecule has 3 heterocycles. The van der Waals surface area contributed by atoms with Crippen LogP contribution < -0.4 is 16.2 Å². The van der Waals surface area contributed by atoms with Crippen molar-refractivity contribution in [2.75, 3.05) is 30.0 Å². The predicted molar refractivity (Wildman–Crippen MR) is 73.5 cm³/mol. The molecular weight excluding hydrogens is 226 g/mol. The second-order valence-electron chi connectivity index (χ2n) is 5.34. The molecule has 3 N–H and O–H groups in total. The van der Waals surface area contributed by atoms with Gasteiger partial charge in [0.2, 0.25) is 0 Å². The Morgan fingerprint density at radius 2 is 2.33 bits per heavy atom. The number of piperazine rings is 1. The zero-order chi connectivity index (χ0) is 12.5. The van der Waals surface area contributed by atoms with Crippen LogP contribution in [-0.2, 0) is 0 Å². The smallest absolute Gasteiger partial charge is 0.141 e. The number of hydrogen-bond acceptors (Lipinski definition) is 5. The minimum Gasteiger partial charge on any atom is -0.366 e. The van der Waals surface area contributed by atoms with Gasteiger partial charge in [-0.1, -0.05) is 0 Å². The molecule has 2 aliphatic heterocycles. The summed E-state index contributed by atoms with van der Waals surface area (Å²) in [6.45, 7) is 5.85. The lowest BCUT2D eigenvalue weighted by molar-refractivity contribution is 0.203. The van der Waals surface area contributed by atoms with Crippen LogP contribution in [0.2, 0.25) is 0 Å². The van der Waals surface area contributed by atoms with Gasteiger partial charge in [-0.3, -0.25) is 4.90 Å². The van der Waals surface area contributed by atoms with Crippen LogP contribution in [-0.4, -0.2) is 41.6 Å². The van der Waals surface area contributed by atoms with Crippen molar-refractivity contribution < 1.29 is 0 Å². The molecule has 0 spiro atoms. The van der Waals surface area contributed by atoms with E-state index < -0.39 is 0 Å². The van der Waals surface area contributed by atoms with Crippen molar-refractivity contribution in [3.63, 3.8) is 0 Å². The molecule has 1 aromatic heterocycles. The van der Waals surface area contributed by atoms with Gasteiger partial charge in [-0.05, 0) is 32.4 Å². The van der Waals surface area contributed by atoms with Crippen molar-refractivity contribution in [2.24, 2.45) is 5.84 Å². The molecular formula is C13H21N5. The van der Waals surface area contributed by atoms with Crippen LogP contribution in [0.25, 0.3) is 0 Å². The lowest BCUT2D eigenvalue weighted by Gasteiger charge is -2.43. The molecule has 18 heavy (non-hydrogen) atoms. The number of hydrazine groups is 1. The van der Waals surface area contributed by atoms with Gasteiger partial charge in [0.15, 0.2) is 0 Å². The summed E-state index contributed by atoms with van der Waals surface area (Å²) < 4.78 is 0. The zero-order valence-corrected chi connectivity index (χ0v) is 10.8. The lowest BCUT2D eigenvalue weighted by atomic mass is 10.1. The number of nitrogen functional groups attached to an aromatic ring is 1. The van der Waals surface area contributed by atoms with Crippen molar-refractivity contribution >= 4 is 11.5 Å². The summed E-state index contributed by atoms with van der Waals surface area (Å²) in [5.41, 5.74) is 3.84. The van der Waals surface area contributed by atoms with E-state index in [0.29, 0.717) is 6.04 Å². The molecule has 0 radical (unpaired) electrons. The van der Waals surface area contributed by atoms with Crippen molar-refractivity contribution in [3.8, 4) is 0 Å². The first-order valence-electron chi connectivity index (χ1n) is 6.71. The highest BCUT2D eigenvalue weighted by Crippen LogP contribution is 2.29. The monoisotopic (exact) mass is 247 g/mol. The van der Waals surface area contributed by atoms with Crippen LogP contribution in [0.5, 0.6) is 0 Å². The van der Waals surface area contributed by atoms with Crippen LogP contribution in [0, 0.1) is 0 Å². The van der Waals surface area contributed by atoms with Gasteiger partial charge in [0.1, 0.15) is 5.82 Å². The van der Waals surface area contributed by atoms with E-state index in [0.717, 1.165) is 18.4 Å². The number of fused-ring (bicyclic) bond motifs is 1. The third kappa shape index (κ3) is 2.04. The maximum Gasteiger partial charge on any atom is 0.141 e. The molecule has 3 rings (SSSR count). The fourth-order valence-corrected chi connectivity index (χ4v) is 3.22. The van der Waals surface area contributed by atoms with E-state index in [9.17, 15) is 0 Å². The molecule has 5 heteroatoms. The Labute approximate surface area is 108 Å². The molecule has 98 valence electrons. The molecule has 2 unspecified atom stereocenters. The van der Waals surface area contributed by atoms with E-state index >= 15 is 0 Å². The van der Waals surface area contributed by atoms with E-state index in [-0.39, 0.29) is 0 Å². The Morgan fingerprint density at radius 1 is 1.44 bits per heavy atom. The van der Waals surface area contributed by atoms with Gasteiger partial charge in [0, 0.05) is 43.1 Å². The summed E-state index contributed by atoms with van der Waals surface area (Å²) in [5, 5.41) is 0. The minimum absolute atomic E-state index is 0.548. The second kappa shape index (κ2) is 4.74. The highest BCUT2D eigenvalue weighted by Gasteiger charge is 2.34. The maximum absolute atomic E-state index is 5.43. The molecule has 2 atom stereocenters. The molecule has 0 aliphatic carbocycles. The van der Waals surface area contributed by atoms with Gasteiger partial charge in [-0.15, -0.1) is 0 Å². The summed E-state index contributed by atoms with van der Waals surface area (Å²) in [5.74, 6) is 6.16. The third-order valence-corrected chi connectivity index (χ3v) is 4.16. The van der Waals surface area contributed by atoms with Gasteiger partial charge >= 0.3 is 0 Å². The number of anilines is 2. The van der Waals surface area contributed by atoms with Crippen molar-refractivity contribution in [1.82, 2.24) is 9.88 Å². The molecule has 0 aromatic carbocycles. The summed E-state index contributed by atoms with van der Waals surface area (Å²) in [6, 6.07) is 5.37.